The molecule has 0 unspecified atom stereocenters. The molecule has 0 fully saturated rings. The van der Waals surface area contributed by atoms with Gasteiger partial charge in [-0.2, -0.15) is 4.68 Å². The predicted molar refractivity (Wildman–Crippen MR) is 110 cm³/mol. The van der Waals surface area contributed by atoms with Crippen LogP contribution in [0.25, 0.3) is 5.69 Å². The molecule has 30 heavy (non-hydrogen) atoms. The van der Waals surface area contributed by atoms with Crippen LogP contribution in [0.1, 0.15) is 30.0 Å². The van der Waals surface area contributed by atoms with E-state index in [2.05, 4.69) is 20.8 Å². The number of halogens is 2. The molecule has 0 saturated carbocycles. The highest BCUT2D eigenvalue weighted by Gasteiger charge is 2.18. The molecule has 0 aliphatic carbocycles. The molecular weight excluding hydrogens is 413 g/mol. The minimum absolute atomic E-state index is 0.114. The number of tetrazole rings is 1. The number of hydrogen-bond acceptors (Lipinski definition) is 6. The molecule has 2 aromatic carbocycles. The van der Waals surface area contributed by atoms with E-state index in [0.29, 0.717) is 35.5 Å². The van der Waals surface area contributed by atoms with Crippen molar-refractivity contribution in [2.75, 3.05) is 19.0 Å². The number of aromatic nitrogens is 4. The average molecular weight is 434 g/mol. The first-order chi connectivity index (χ1) is 14.3. The summed E-state index contributed by atoms with van der Waals surface area (Å²) in [5.41, 5.74) is 0.739. The standard InChI is InChI=1S/C20H21ClFN5O3/c1-11(2)10-30-19-15(21)7-13(8-18(19)29-4)20(28)23-14-5-6-16(22)17(9-14)27-12(3)24-25-26-27/h5-9,11H,10H2,1-4H3,(H,23,28). The highest BCUT2D eigenvalue weighted by atomic mass is 35.5. The number of rotatable bonds is 7. The summed E-state index contributed by atoms with van der Waals surface area (Å²) < 4.78 is 26.5. The molecule has 1 N–H and O–H groups in total. The smallest absolute Gasteiger partial charge is 0.255 e. The second kappa shape index (κ2) is 9.08. The van der Waals surface area contributed by atoms with E-state index >= 15 is 0 Å². The normalized spacial score (nSPS) is 10.9. The maximum absolute atomic E-state index is 14.2. The maximum Gasteiger partial charge on any atom is 0.255 e. The molecular formula is C20H21ClFN5O3. The summed E-state index contributed by atoms with van der Waals surface area (Å²) >= 11 is 6.31. The number of nitrogens with one attached hydrogen (secondary N) is 1. The van der Waals surface area contributed by atoms with Gasteiger partial charge >= 0.3 is 0 Å². The summed E-state index contributed by atoms with van der Waals surface area (Å²) in [7, 11) is 1.47. The van der Waals surface area contributed by atoms with Gasteiger partial charge in [-0.3, -0.25) is 4.79 Å². The Kier molecular flexibility index (Phi) is 6.51. The molecule has 0 aliphatic rings. The van der Waals surface area contributed by atoms with E-state index in [9.17, 15) is 9.18 Å². The zero-order chi connectivity index (χ0) is 21.8. The van der Waals surface area contributed by atoms with Gasteiger partial charge in [-0.15, -0.1) is 5.10 Å². The number of amides is 1. The van der Waals surface area contributed by atoms with E-state index in [0.717, 1.165) is 0 Å². The van der Waals surface area contributed by atoms with Gasteiger partial charge in [-0.05, 0) is 53.6 Å². The molecule has 0 atom stereocenters. The fourth-order valence-corrected chi connectivity index (χ4v) is 2.92. The predicted octanol–water partition coefficient (Wildman–Crippen LogP) is 4.06. The molecule has 0 aliphatic heterocycles. The van der Waals surface area contributed by atoms with Crippen molar-refractivity contribution in [2.45, 2.75) is 20.8 Å². The van der Waals surface area contributed by atoms with Gasteiger partial charge in [0, 0.05) is 11.3 Å². The number of aryl methyl sites for hydroxylation is 1. The minimum Gasteiger partial charge on any atom is -0.493 e. The van der Waals surface area contributed by atoms with Crippen molar-refractivity contribution >= 4 is 23.2 Å². The van der Waals surface area contributed by atoms with Crippen molar-refractivity contribution < 1.29 is 18.7 Å². The van der Waals surface area contributed by atoms with Crippen LogP contribution in [-0.2, 0) is 0 Å². The lowest BCUT2D eigenvalue weighted by Gasteiger charge is -2.15. The Balaban J connectivity index is 1.86. The highest BCUT2D eigenvalue weighted by molar-refractivity contribution is 6.32. The summed E-state index contributed by atoms with van der Waals surface area (Å²) in [4.78, 5) is 12.8. The third-order valence-electron chi connectivity index (χ3n) is 4.11. The van der Waals surface area contributed by atoms with Crippen molar-refractivity contribution in [3.05, 3.63) is 52.6 Å². The van der Waals surface area contributed by atoms with Crippen LogP contribution in [0.4, 0.5) is 10.1 Å². The molecule has 1 amide bonds. The van der Waals surface area contributed by atoms with Gasteiger partial charge in [0.1, 0.15) is 11.5 Å². The molecule has 0 bridgehead atoms. The molecule has 158 valence electrons. The number of carbonyl (C=O) groups excluding carboxylic acids is 1. The zero-order valence-electron chi connectivity index (χ0n) is 16.9. The molecule has 3 aromatic rings. The molecule has 0 radical (unpaired) electrons. The SMILES string of the molecule is COc1cc(C(=O)Nc2ccc(F)c(-n3nnnc3C)c2)cc(Cl)c1OCC(C)C. The maximum atomic E-state index is 14.2. The van der Waals surface area contributed by atoms with Gasteiger partial charge in [0.25, 0.3) is 5.91 Å². The Labute approximate surface area is 177 Å². The van der Waals surface area contributed by atoms with Crippen LogP contribution in [0.3, 0.4) is 0 Å². The second-order valence-corrected chi connectivity index (χ2v) is 7.36. The first-order valence-electron chi connectivity index (χ1n) is 9.16. The van der Waals surface area contributed by atoms with Crippen LogP contribution in [-0.4, -0.2) is 39.8 Å². The largest absolute Gasteiger partial charge is 0.493 e. The van der Waals surface area contributed by atoms with Crippen LogP contribution in [0.5, 0.6) is 11.5 Å². The molecule has 0 saturated heterocycles. The number of nitrogens with zero attached hydrogens (tertiary/aromatic N) is 4. The van der Waals surface area contributed by atoms with E-state index in [4.69, 9.17) is 21.1 Å². The quantitative estimate of drug-likeness (QED) is 0.604. The van der Waals surface area contributed by atoms with Crippen LogP contribution < -0.4 is 14.8 Å². The van der Waals surface area contributed by atoms with Gasteiger partial charge < -0.3 is 14.8 Å². The molecule has 0 spiro atoms. The van der Waals surface area contributed by atoms with Crippen molar-refractivity contribution in [1.29, 1.82) is 0 Å². The topological polar surface area (TPSA) is 91.2 Å². The van der Waals surface area contributed by atoms with E-state index in [1.54, 1.807) is 6.92 Å². The fraction of sp³-hybridized carbons (Fsp3) is 0.300. The second-order valence-electron chi connectivity index (χ2n) is 6.95. The zero-order valence-corrected chi connectivity index (χ0v) is 17.7. The van der Waals surface area contributed by atoms with Gasteiger partial charge in [-0.25, -0.2) is 4.39 Å². The van der Waals surface area contributed by atoms with Crippen LogP contribution in [0.2, 0.25) is 5.02 Å². The molecule has 10 heteroatoms. The number of ether oxygens (including phenoxy) is 2. The first kappa shape index (κ1) is 21.5. The summed E-state index contributed by atoms with van der Waals surface area (Å²) in [5, 5.41) is 14.0. The molecule has 1 heterocycles. The van der Waals surface area contributed by atoms with E-state index in [1.165, 1.54) is 42.1 Å². The Morgan fingerprint density at radius 1 is 1.30 bits per heavy atom. The lowest BCUT2D eigenvalue weighted by atomic mass is 10.1. The molecule has 3 rings (SSSR count). The Hall–Kier alpha value is -3.20. The Morgan fingerprint density at radius 3 is 2.70 bits per heavy atom. The minimum atomic E-state index is -0.528. The summed E-state index contributed by atoms with van der Waals surface area (Å²) in [6.45, 7) is 6.12. The monoisotopic (exact) mass is 433 g/mol. The number of methoxy groups -OCH3 is 1. The number of anilines is 1. The van der Waals surface area contributed by atoms with Gasteiger partial charge in [0.15, 0.2) is 17.3 Å². The molecule has 8 nitrogen and oxygen atoms in total. The van der Waals surface area contributed by atoms with Crippen LogP contribution >= 0.6 is 11.6 Å². The van der Waals surface area contributed by atoms with E-state index in [-0.39, 0.29) is 16.3 Å². The van der Waals surface area contributed by atoms with Crippen LogP contribution in [0.15, 0.2) is 30.3 Å². The Morgan fingerprint density at radius 2 is 2.07 bits per heavy atom. The third kappa shape index (κ3) is 4.68. The number of carbonyl (C=O) groups is 1. The average Bonchev–Trinajstić information content (AvgIpc) is 3.13. The summed E-state index contributed by atoms with van der Waals surface area (Å²) in [5.74, 6) is 0.451. The number of hydrogen-bond donors (Lipinski definition) is 1. The van der Waals surface area contributed by atoms with E-state index in [1.807, 2.05) is 13.8 Å². The first-order valence-corrected chi connectivity index (χ1v) is 9.54. The number of benzene rings is 2. The highest BCUT2D eigenvalue weighted by Crippen LogP contribution is 2.37. The van der Waals surface area contributed by atoms with E-state index < -0.39 is 11.7 Å². The van der Waals surface area contributed by atoms with Crippen molar-refractivity contribution in [2.24, 2.45) is 5.92 Å². The molecule has 1 aromatic heterocycles. The third-order valence-corrected chi connectivity index (χ3v) is 4.39. The van der Waals surface area contributed by atoms with Gasteiger partial charge in [0.05, 0.1) is 18.7 Å². The van der Waals surface area contributed by atoms with Crippen molar-refractivity contribution in [3.8, 4) is 17.2 Å². The lowest BCUT2D eigenvalue weighted by Crippen LogP contribution is -2.14. The van der Waals surface area contributed by atoms with Crippen molar-refractivity contribution in [3.63, 3.8) is 0 Å². The van der Waals surface area contributed by atoms with Crippen molar-refractivity contribution in [1.82, 2.24) is 20.2 Å². The van der Waals surface area contributed by atoms with Gasteiger partial charge in [-0.1, -0.05) is 25.4 Å². The van der Waals surface area contributed by atoms with Gasteiger partial charge in [0.2, 0.25) is 0 Å². The Bertz CT molecular complexity index is 1070. The fourth-order valence-electron chi connectivity index (χ4n) is 2.65. The lowest BCUT2D eigenvalue weighted by molar-refractivity contribution is 0.102. The summed E-state index contributed by atoms with van der Waals surface area (Å²) in [6.07, 6.45) is 0. The van der Waals surface area contributed by atoms with Crippen LogP contribution in [0, 0.1) is 18.7 Å². The summed E-state index contributed by atoms with van der Waals surface area (Å²) in [6, 6.07) is 7.13.